The molecular weight excluding hydrogens is 292 g/mol. The van der Waals surface area contributed by atoms with Gasteiger partial charge in [0.2, 0.25) is 0 Å². The highest BCUT2D eigenvalue weighted by Gasteiger charge is 2.20. The number of hydrogen-bond donors (Lipinski definition) is 2. The summed E-state index contributed by atoms with van der Waals surface area (Å²) in [7, 11) is 0. The second kappa shape index (κ2) is 7.49. The molecule has 0 atom stereocenters. The normalized spacial score (nSPS) is 13.8. The average molecular weight is 318 g/mol. The monoisotopic (exact) mass is 318 g/mol. The second-order valence-corrected chi connectivity index (χ2v) is 6.98. The molecule has 5 nitrogen and oxygen atoms in total. The lowest BCUT2D eigenvalue weighted by Crippen LogP contribution is -2.37. The van der Waals surface area contributed by atoms with Crippen molar-refractivity contribution in [3.63, 3.8) is 0 Å². The van der Waals surface area contributed by atoms with Gasteiger partial charge in [-0.1, -0.05) is 27.7 Å². The van der Waals surface area contributed by atoms with Crippen molar-refractivity contribution < 1.29 is 14.3 Å². The van der Waals surface area contributed by atoms with E-state index in [-0.39, 0.29) is 24.5 Å². The Labute approximate surface area is 137 Å². The van der Waals surface area contributed by atoms with Crippen molar-refractivity contribution in [2.45, 2.75) is 46.6 Å². The zero-order valence-electron chi connectivity index (χ0n) is 14.3. The van der Waals surface area contributed by atoms with Crippen LogP contribution in [0.2, 0.25) is 0 Å². The first-order chi connectivity index (χ1) is 10.8. The molecular formula is C18H26N2O3. The van der Waals surface area contributed by atoms with Gasteiger partial charge in [0.05, 0.1) is 5.69 Å². The van der Waals surface area contributed by atoms with E-state index in [0.29, 0.717) is 28.8 Å². The van der Waals surface area contributed by atoms with E-state index >= 15 is 0 Å². The Balaban J connectivity index is 2.09. The summed E-state index contributed by atoms with van der Waals surface area (Å²) < 4.78 is 5.31. The highest BCUT2D eigenvalue weighted by Crippen LogP contribution is 2.28. The summed E-state index contributed by atoms with van der Waals surface area (Å²) in [6.07, 6.45) is 1.91. The molecule has 1 aromatic carbocycles. The molecule has 126 valence electrons. The van der Waals surface area contributed by atoms with Crippen molar-refractivity contribution in [3.8, 4) is 5.75 Å². The molecule has 0 saturated heterocycles. The summed E-state index contributed by atoms with van der Waals surface area (Å²) in [6, 6.07) is 5.28. The van der Waals surface area contributed by atoms with Crippen LogP contribution < -0.4 is 15.4 Å². The summed E-state index contributed by atoms with van der Waals surface area (Å²) in [6.45, 7) is 8.65. The predicted molar refractivity (Wildman–Crippen MR) is 90.7 cm³/mol. The number of anilines is 1. The first-order valence-electron chi connectivity index (χ1n) is 8.22. The van der Waals surface area contributed by atoms with E-state index in [1.54, 1.807) is 18.2 Å². The molecule has 2 amide bonds. The fourth-order valence-electron chi connectivity index (χ4n) is 2.85. The fraction of sp³-hybridized carbons (Fsp3) is 0.556. The minimum atomic E-state index is -0.201. The number of amides is 2. The minimum Gasteiger partial charge on any atom is -0.482 e. The molecule has 0 spiro atoms. The van der Waals surface area contributed by atoms with Gasteiger partial charge in [0.1, 0.15) is 5.75 Å². The fourth-order valence-corrected chi connectivity index (χ4v) is 2.85. The van der Waals surface area contributed by atoms with E-state index in [0.717, 1.165) is 12.8 Å². The largest absolute Gasteiger partial charge is 0.482 e. The maximum Gasteiger partial charge on any atom is 0.262 e. The molecule has 5 heteroatoms. The summed E-state index contributed by atoms with van der Waals surface area (Å²) in [4.78, 5) is 23.9. The van der Waals surface area contributed by atoms with Crippen LogP contribution in [0.15, 0.2) is 18.2 Å². The van der Waals surface area contributed by atoms with Gasteiger partial charge in [-0.05, 0) is 42.9 Å². The molecule has 0 bridgehead atoms. The Morgan fingerprint density at radius 2 is 1.87 bits per heavy atom. The Morgan fingerprint density at radius 1 is 1.22 bits per heavy atom. The zero-order valence-corrected chi connectivity index (χ0v) is 14.3. The molecule has 1 aliphatic heterocycles. The lowest BCUT2D eigenvalue weighted by atomic mass is 9.95. The van der Waals surface area contributed by atoms with Gasteiger partial charge in [-0.2, -0.15) is 0 Å². The van der Waals surface area contributed by atoms with E-state index in [2.05, 4.69) is 38.3 Å². The van der Waals surface area contributed by atoms with Gasteiger partial charge >= 0.3 is 0 Å². The summed E-state index contributed by atoms with van der Waals surface area (Å²) in [5, 5.41) is 5.85. The first-order valence-corrected chi connectivity index (χ1v) is 8.22. The van der Waals surface area contributed by atoms with Crippen molar-refractivity contribution >= 4 is 17.5 Å². The standard InChI is InChI=1S/C18H26N2O3/c1-11(2)7-14(8-12(3)4)19-18(22)13-5-6-16-15(9-13)20-17(21)10-23-16/h5-6,9,11-12,14H,7-8,10H2,1-4H3,(H,19,22)(H,20,21). The molecule has 0 radical (unpaired) electrons. The third kappa shape index (κ3) is 4.98. The highest BCUT2D eigenvalue weighted by atomic mass is 16.5. The molecule has 1 heterocycles. The summed E-state index contributed by atoms with van der Waals surface area (Å²) >= 11 is 0. The summed E-state index contributed by atoms with van der Waals surface area (Å²) in [5.41, 5.74) is 1.09. The van der Waals surface area contributed by atoms with Crippen LogP contribution in [0.1, 0.15) is 50.9 Å². The lowest BCUT2D eigenvalue weighted by molar-refractivity contribution is -0.118. The number of rotatable bonds is 6. The molecule has 0 aliphatic carbocycles. The Kier molecular flexibility index (Phi) is 5.64. The van der Waals surface area contributed by atoms with E-state index in [1.165, 1.54) is 0 Å². The maximum absolute atomic E-state index is 12.5. The van der Waals surface area contributed by atoms with Gasteiger partial charge in [0.25, 0.3) is 11.8 Å². The Bertz CT molecular complexity index is 572. The third-order valence-electron chi connectivity index (χ3n) is 3.72. The van der Waals surface area contributed by atoms with Crippen LogP contribution in [0.25, 0.3) is 0 Å². The number of carbonyl (C=O) groups excluding carboxylic acids is 2. The number of benzene rings is 1. The molecule has 1 aromatic rings. The van der Waals surface area contributed by atoms with E-state index < -0.39 is 0 Å². The second-order valence-electron chi connectivity index (χ2n) is 6.98. The summed E-state index contributed by atoms with van der Waals surface area (Å²) in [5.74, 6) is 1.33. The molecule has 0 fully saturated rings. The smallest absolute Gasteiger partial charge is 0.262 e. The van der Waals surface area contributed by atoms with Crippen LogP contribution >= 0.6 is 0 Å². The van der Waals surface area contributed by atoms with Gasteiger partial charge in [-0.25, -0.2) is 0 Å². The maximum atomic E-state index is 12.5. The zero-order chi connectivity index (χ0) is 17.0. The molecule has 0 unspecified atom stereocenters. The van der Waals surface area contributed by atoms with Crippen LogP contribution in [0.4, 0.5) is 5.69 Å². The van der Waals surface area contributed by atoms with Crippen molar-refractivity contribution in [3.05, 3.63) is 23.8 Å². The van der Waals surface area contributed by atoms with E-state index in [4.69, 9.17) is 4.74 Å². The Hall–Kier alpha value is -2.04. The van der Waals surface area contributed by atoms with Crippen LogP contribution in [0.3, 0.4) is 0 Å². The van der Waals surface area contributed by atoms with Crippen molar-refractivity contribution in [1.29, 1.82) is 0 Å². The van der Waals surface area contributed by atoms with Crippen LogP contribution in [-0.4, -0.2) is 24.5 Å². The molecule has 2 N–H and O–H groups in total. The molecule has 0 saturated carbocycles. The third-order valence-corrected chi connectivity index (χ3v) is 3.72. The molecule has 0 aromatic heterocycles. The van der Waals surface area contributed by atoms with Gasteiger partial charge < -0.3 is 15.4 Å². The van der Waals surface area contributed by atoms with Crippen molar-refractivity contribution in [1.82, 2.24) is 5.32 Å². The molecule has 1 aliphatic rings. The number of nitrogens with one attached hydrogen (secondary N) is 2. The predicted octanol–water partition coefficient (Wildman–Crippen LogP) is 3.21. The topological polar surface area (TPSA) is 67.4 Å². The highest BCUT2D eigenvalue weighted by molar-refractivity contribution is 5.99. The van der Waals surface area contributed by atoms with Gasteiger partial charge in [0.15, 0.2) is 6.61 Å². The van der Waals surface area contributed by atoms with Gasteiger partial charge in [-0.15, -0.1) is 0 Å². The molecule has 2 rings (SSSR count). The first kappa shape index (κ1) is 17.3. The minimum absolute atomic E-state index is 0.0173. The molecule has 23 heavy (non-hydrogen) atoms. The van der Waals surface area contributed by atoms with Gasteiger partial charge in [0, 0.05) is 11.6 Å². The van der Waals surface area contributed by atoms with Gasteiger partial charge in [-0.3, -0.25) is 9.59 Å². The number of hydrogen-bond acceptors (Lipinski definition) is 3. The van der Waals surface area contributed by atoms with Crippen molar-refractivity contribution in [2.24, 2.45) is 11.8 Å². The average Bonchev–Trinajstić information content (AvgIpc) is 2.44. The SMILES string of the molecule is CC(C)CC(CC(C)C)NC(=O)c1ccc2c(c1)NC(=O)CO2. The number of carbonyl (C=O) groups is 2. The number of ether oxygens (including phenoxy) is 1. The van der Waals surface area contributed by atoms with Crippen molar-refractivity contribution in [2.75, 3.05) is 11.9 Å². The Morgan fingerprint density at radius 3 is 2.48 bits per heavy atom. The number of fused-ring (bicyclic) bond motifs is 1. The quantitative estimate of drug-likeness (QED) is 0.846. The van der Waals surface area contributed by atoms with E-state index in [9.17, 15) is 9.59 Å². The van der Waals surface area contributed by atoms with Crippen LogP contribution in [0, 0.1) is 11.8 Å². The van der Waals surface area contributed by atoms with Crippen LogP contribution in [-0.2, 0) is 4.79 Å². The van der Waals surface area contributed by atoms with E-state index in [1.807, 2.05) is 0 Å². The lowest BCUT2D eigenvalue weighted by Gasteiger charge is -2.23. The van der Waals surface area contributed by atoms with Crippen LogP contribution in [0.5, 0.6) is 5.75 Å².